The Labute approximate surface area is 229 Å². The fraction of sp³-hybridized carbons (Fsp3) is 0.586. The molecule has 0 saturated carbocycles. The minimum atomic E-state index is -1.19. The molecule has 10 heteroatoms. The standard InChI is InChI=1S/C29H39FN6O3/c1-7-21-16-34(10-11-38-21)26-14-27(33-19(3)32-26)36-25-13-23(18(2)12-20(25)15-31-36)22-8-9-35(17-24(22)30)28(37)39-29(4,5)6/h12-15,21-22,24H,7-11,16-17H2,1-6H3/t21-,22?,24?/m1/s1. The van der Waals surface area contributed by atoms with Crippen molar-refractivity contribution >= 4 is 22.8 Å². The van der Waals surface area contributed by atoms with Crippen molar-refractivity contribution in [1.29, 1.82) is 0 Å². The molecule has 39 heavy (non-hydrogen) atoms. The monoisotopic (exact) mass is 538 g/mol. The molecule has 4 heterocycles. The van der Waals surface area contributed by atoms with Crippen LogP contribution in [0, 0.1) is 13.8 Å². The summed E-state index contributed by atoms with van der Waals surface area (Å²) < 4.78 is 28.7. The highest BCUT2D eigenvalue weighted by Gasteiger charge is 2.35. The predicted octanol–water partition coefficient (Wildman–Crippen LogP) is 5.11. The van der Waals surface area contributed by atoms with Crippen LogP contribution in [0.5, 0.6) is 0 Å². The van der Waals surface area contributed by atoms with Crippen LogP contribution in [0.2, 0.25) is 0 Å². The molecule has 2 aliphatic rings. The first-order valence-electron chi connectivity index (χ1n) is 13.8. The summed E-state index contributed by atoms with van der Waals surface area (Å²) in [5, 5.41) is 5.63. The summed E-state index contributed by atoms with van der Waals surface area (Å²) in [5.41, 5.74) is 2.21. The molecule has 0 radical (unpaired) electrons. The number of hydrogen-bond acceptors (Lipinski definition) is 7. The van der Waals surface area contributed by atoms with Gasteiger partial charge in [0.05, 0.1) is 31.0 Å². The number of anilines is 1. The summed E-state index contributed by atoms with van der Waals surface area (Å²) in [7, 11) is 0. The molecule has 2 saturated heterocycles. The van der Waals surface area contributed by atoms with Crippen molar-refractivity contribution in [3.05, 3.63) is 41.3 Å². The van der Waals surface area contributed by atoms with Crippen LogP contribution in [0.3, 0.4) is 0 Å². The number of rotatable bonds is 4. The van der Waals surface area contributed by atoms with E-state index >= 15 is 4.39 Å². The van der Waals surface area contributed by atoms with Crippen LogP contribution in [-0.2, 0) is 9.47 Å². The van der Waals surface area contributed by atoms with Crippen LogP contribution < -0.4 is 4.90 Å². The average molecular weight is 539 g/mol. The van der Waals surface area contributed by atoms with Gasteiger partial charge < -0.3 is 19.3 Å². The lowest BCUT2D eigenvalue weighted by Gasteiger charge is -2.36. The first-order valence-corrected chi connectivity index (χ1v) is 13.8. The number of piperidine rings is 1. The zero-order chi connectivity index (χ0) is 27.9. The molecule has 1 aromatic carbocycles. The second kappa shape index (κ2) is 10.7. The second-order valence-electron chi connectivity index (χ2n) is 11.6. The molecule has 0 aliphatic carbocycles. The summed E-state index contributed by atoms with van der Waals surface area (Å²) in [5.74, 6) is 1.88. The van der Waals surface area contributed by atoms with Crippen molar-refractivity contribution in [2.75, 3.05) is 37.7 Å². The van der Waals surface area contributed by atoms with Crippen molar-refractivity contribution in [3.8, 4) is 5.82 Å². The molecule has 0 N–H and O–H groups in total. The van der Waals surface area contributed by atoms with E-state index in [4.69, 9.17) is 19.4 Å². The number of fused-ring (bicyclic) bond motifs is 1. The van der Waals surface area contributed by atoms with Gasteiger partial charge in [-0.25, -0.2) is 23.8 Å². The smallest absolute Gasteiger partial charge is 0.410 e. The van der Waals surface area contributed by atoms with Crippen LogP contribution in [0.1, 0.15) is 63.4 Å². The molecule has 5 rings (SSSR count). The second-order valence-corrected chi connectivity index (χ2v) is 11.6. The number of halogens is 1. The number of aryl methyl sites for hydroxylation is 2. The van der Waals surface area contributed by atoms with Gasteiger partial charge in [-0.1, -0.05) is 6.92 Å². The quantitative estimate of drug-likeness (QED) is 0.456. The van der Waals surface area contributed by atoms with Gasteiger partial charge in [-0.15, -0.1) is 0 Å². The van der Waals surface area contributed by atoms with E-state index in [0.29, 0.717) is 31.2 Å². The van der Waals surface area contributed by atoms with Crippen molar-refractivity contribution in [1.82, 2.24) is 24.6 Å². The maximum atomic E-state index is 15.6. The van der Waals surface area contributed by atoms with E-state index < -0.39 is 17.9 Å². The molecule has 0 spiro atoms. The summed E-state index contributed by atoms with van der Waals surface area (Å²) in [4.78, 5) is 25.6. The predicted molar refractivity (Wildman–Crippen MR) is 148 cm³/mol. The number of alkyl halides is 1. The van der Waals surface area contributed by atoms with E-state index in [1.807, 2.05) is 57.6 Å². The van der Waals surface area contributed by atoms with E-state index in [0.717, 1.165) is 47.4 Å². The Morgan fingerprint density at radius 3 is 2.62 bits per heavy atom. The van der Waals surface area contributed by atoms with Crippen LogP contribution in [0.15, 0.2) is 24.4 Å². The molecule has 2 aromatic heterocycles. The highest BCUT2D eigenvalue weighted by atomic mass is 19.1. The van der Waals surface area contributed by atoms with E-state index in [1.54, 1.807) is 0 Å². The third-order valence-corrected chi connectivity index (χ3v) is 7.49. The number of ether oxygens (including phenoxy) is 2. The van der Waals surface area contributed by atoms with Gasteiger partial charge in [0.25, 0.3) is 0 Å². The number of hydrogen-bond donors (Lipinski definition) is 0. The fourth-order valence-corrected chi connectivity index (χ4v) is 5.51. The van der Waals surface area contributed by atoms with E-state index in [1.165, 1.54) is 4.90 Å². The number of morpholine rings is 1. The SMILES string of the molecule is CC[C@@H]1CN(c2cc(-n3ncc4cc(C)c(C5CCN(C(=O)OC(C)(C)C)CC5F)cc43)nc(C)n2)CCO1. The summed E-state index contributed by atoms with van der Waals surface area (Å²) in [6.07, 6.45) is 1.82. The number of benzene rings is 1. The van der Waals surface area contributed by atoms with Gasteiger partial charge in [-0.3, -0.25) is 0 Å². The van der Waals surface area contributed by atoms with Crippen molar-refractivity contribution in [2.24, 2.45) is 0 Å². The zero-order valence-corrected chi connectivity index (χ0v) is 23.8. The number of likely N-dealkylation sites (tertiary alicyclic amines) is 1. The van der Waals surface area contributed by atoms with Gasteiger partial charge >= 0.3 is 6.09 Å². The Morgan fingerprint density at radius 2 is 1.90 bits per heavy atom. The minimum Gasteiger partial charge on any atom is -0.444 e. The number of carbonyl (C=O) groups excluding carboxylic acids is 1. The van der Waals surface area contributed by atoms with Crippen LogP contribution in [0.4, 0.5) is 15.0 Å². The molecule has 1 amide bonds. The molecule has 9 nitrogen and oxygen atoms in total. The first kappa shape index (κ1) is 27.3. The number of aromatic nitrogens is 4. The minimum absolute atomic E-state index is 0.0170. The molecule has 2 fully saturated rings. The summed E-state index contributed by atoms with van der Waals surface area (Å²) >= 11 is 0. The first-order chi connectivity index (χ1) is 18.5. The molecule has 2 aliphatic heterocycles. The average Bonchev–Trinajstić information content (AvgIpc) is 3.29. The Hall–Kier alpha value is -3.27. The summed E-state index contributed by atoms with van der Waals surface area (Å²) in [6, 6.07) is 6.06. The Bertz CT molecular complexity index is 1350. The zero-order valence-electron chi connectivity index (χ0n) is 23.8. The largest absolute Gasteiger partial charge is 0.444 e. The molecular weight excluding hydrogens is 499 g/mol. The van der Waals surface area contributed by atoms with Crippen molar-refractivity contribution in [2.45, 2.75) is 78.2 Å². The summed E-state index contributed by atoms with van der Waals surface area (Å²) in [6.45, 7) is 14.2. The lowest BCUT2D eigenvalue weighted by atomic mass is 9.85. The van der Waals surface area contributed by atoms with Gasteiger partial charge in [0.15, 0.2) is 5.82 Å². The molecular formula is C29H39FN6O3. The molecule has 2 unspecified atom stereocenters. The van der Waals surface area contributed by atoms with Crippen LogP contribution in [0.25, 0.3) is 16.7 Å². The van der Waals surface area contributed by atoms with E-state index in [-0.39, 0.29) is 18.6 Å². The number of nitrogens with zero attached hydrogens (tertiary/aromatic N) is 6. The van der Waals surface area contributed by atoms with E-state index in [2.05, 4.69) is 23.0 Å². The Kier molecular flexibility index (Phi) is 7.50. The topological polar surface area (TPSA) is 85.6 Å². The Balaban J connectivity index is 1.43. The van der Waals surface area contributed by atoms with Gasteiger partial charge in [-0.05, 0) is 70.7 Å². The molecule has 3 atom stereocenters. The fourth-order valence-electron chi connectivity index (χ4n) is 5.51. The molecule has 0 bridgehead atoms. The van der Waals surface area contributed by atoms with Gasteiger partial charge in [0.1, 0.15) is 23.4 Å². The van der Waals surface area contributed by atoms with Crippen LogP contribution in [-0.4, -0.2) is 81.4 Å². The Morgan fingerprint density at radius 1 is 1.13 bits per heavy atom. The number of amides is 1. The maximum Gasteiger partial charge on any atom is 0.410 e. The molecule has 210 valence electrons. The lowest BCUT2D eigenvalue weighted by molar-refractivity contribution is 0.0111. The lowest BCUT2D eigenvalue weighted by Crippen LogP contribution is -2.46. The van der Waals surface area contributed by atoms with Gasteiger partial charge in [-0.2, -0.15) is 5.10 Å². The van der Waals surface area contributed by atoms with Gasteiger partial charge in [0, 0.05) is 37.0 Å². The highest BCUT2D eigenvalue weighted by Crippen LogP contribution is 2.35. The van der Waals surface area contributed by atoms with Crippen molar-refractivity contribution in [3.63, 3.8) is 0 Å². The highest BCUT2D eigenvalue weighted by molar-refractivity contribution is 5.82. The van der Waals surface area contributed by atoms with Crippen LogP contribution >= 0.6 is 0 Å². The van der Waals surface area contributed by atoms with Crippen molar-refractivity contribution < 1.29 is 18.7 Å². The number of carbonyl (C=O) groups is 1. The van der Waals surface area contributed by atoms with Gasteiger partial charge in [0.2, 0.25) is 0 Å². The van der Waals surface area contributed by atoms with E-state index in [9.17, 15) is 4.79 Å². The maximum absolute atomic E-state index is 15.6. The normalized spacial score (nSPS) is 22.4. The molecule has 3 aromatic rings. The third kappa shape index (κ3) is 5.85. The third-order valence-electron chi connectivity index (χ3n) is 7.49.